The van der Waals surface area contributed by atoms with E-state index in [9.17, 15) is 4.79 Å². The van der Waals surface area contributed by atoms with Gasteiger partial charge in [0.15, 0.2) is 0 Å². The number of hydrogen-bond donors (Lipinski definition) is 0. The summed E-state index contributed by atoms with van der Waals surface area (Å²) in [5.74, 6) is -0.460. The Kier molecular flexibility index (Phi) is 8.17. The van der Waals surface area contributed by atoms with Gasteiger partial charge in [-0.05, 0) is 13.8 Å². The Labute approximate surface area is 151 Å². The third-order valence-electron chi connectivity index (χ3n) is 1.52. The Bertz CT molecular complexity index is 289. The molecule has 0 heterocycles. The third kappa shape index (κ3) is 5.94. The predicted molar refractivity (Wildman–Crippen MR) is 94.4 cm³/mol. The van der Waals surface area contributed by atoms with Gasteiger partial charge in [0.25, 0.3) is 0 Å². The summed E-state index contributed by atoms with van der Waals surface area (Å²) < 4.78 is 2.76. The van der Waals surface area contributed by atoms with Crippen molar-refractivity contribution in [2.45, 2.75) is 17.1 Å². The Balaban J connectivity index is 5.49. The summed E-state index contributed by atoms with van der Waals surface area (Å²) in [6, 6.07) is 0. The molecule has 0 N–H and O–H groups in total. The van der Waals surface area contributed by atoms with Gasteiger partial charge in [-0.3, -0.25) is 0 Å². The lowest BCUT2D eigenvalue weighted by atomic mass is 10.2. The van der Waals surface area contributed by atoms with Crippen LogP contribution in [0.25, 0.3) is 0 Å². The fourth-order valence-corrected chi connectivity index (χ4v) is 5.64. The van der Waals surface area contributed by atoms with Crippen LogP contribution in [0.15, 0.2) is 11.1 Å². The van der Waals surface area contributed by atoms with Crippen molar-refractivity contribution < 1.29 is 9.53 Å². The Morgan fingerprint density at radius 3 is 1.94 bits per heavy atom. The van der Waals surface area contributed by atoms with E-state index >= 15 is 0 Å². The maximum Gasteiger partial charge on any atom is 0.333 e. The molecule has 0 bridgehead atoms. The molecule has 0 rings (SSSR count). The van der Waals surface area contributed by atoms with Crippen LogP contribution in [-0.4, -0.2) is 15.8 Å². The van der Waals surface area contributed by atoms with Crippen molar-refractivity contribution in [3.05, 3.63) is 11.1 Å². The lowest BCUT2D eigenvalue weighted by Gasteiger charge is -2.26. The molecule has 0 amide bonds. The SMILES string of the molecule is CCOC(=O)/C(C)=C(\C(Cl)(Cl)Cl)C(I)(I)I. The van der Waals surface area contributed by atoms with E-state index in [1.165, 1.54) is 0 Å². The van der Waals surface area contributed by atoms with Gasteiger partial charge in [-0.25, -0.2) is 4.79 Å². The van der Waals surface area contributed by atoms with Gasteiger partial charge in [0.1, 0.15) is -0.565 Å². The van der Waals surface area contributed by atoms with Crippen molar-refractivity contribution in [1.82, 2.24) is 0 Å². The molecule has 0 atom stereocenters. The maximum absolute atomic E-state index is 11.6. The molecule has 0 unspecified atom stereocenters. The molecule has 94 valence electrons. The normalized spacial score (nSPS) is 14.5. The van der Waals surface area contributed by atoms with Crippen molar-refractivity contribution in [3.8, 4) is 0 Å². The molecule has 0 aliphatic carbocycles. The number of ether oxygens (including phenoxy) is 1. The molecule has 2 nitrogen and oxygen atoms in total. The first-order chi connectivity index (χ1) is 7.01. The predicted octanol–water partition coefficient (Wildman–Crippen LogP) is 5.20. The molecule has 16 heavy (non-hydrogen) atoms. The van der Waals surface area contributed by atoms with Gasteiger partial charge in [0.2, 0.25) is 3.79 Å². The monoisotopic (exact) mass is 622 g/mol. The van der Waals surface area contributed by atoms with E-state index in [0.717, 1.165) is 0 Å². The summed E-state index contributed by atoms with van der Waals surface area (Å²) in [7, 11) is 0. The molecule has 0 saturated heterocycles. The standard InChI is InChI=1S/C8H8Cl3I3O2/c1-3-16-6(15)4(2)5(7(9,10)11)8(12,13)14/h3H2,1-2H3/b5-4+. The van der Waals surface area contributed by atoms with Crippen LogP contribution in [0.3, 0.4) is 0 Å². The topological polar surface area (TPSA) is 26.3 Å². The van der Waals surface area contributed by atoms with Crippen LogP contribution in [0.1, 0.15) is 13.8 Å². The number of halogens is 6. The lowest BCUT2D eigenvalue weighted by molar-refractivity contribution is -0.138. The largest absolute Gasteiger partial charge is 0.463 e. The smallest absolute Gasteiger partial charge is 0.333 e. The first-order valence-electron chi connectivity index (χ1n) is 4.04. The molecule has 0 radical (unpaired) electrons. The van der Waals surface area contributed by atoms with Gasteiger partial charge in [-0.2, -0.15) is 0 Å². The minimum atomic E-state index is -1.62. The first-order valence-corrected chi connectivity index (χ1v) is 8.41. The third-order valence-corrected chi connectivity index (χ3v) is 3.71. The number of carbonyl (C=O) groups is 1. The van der Waals surface area contributed by atoms with Crippen LogP contribution in [0.4, 0.5) is 0 Å². The lowest BCUT2D eigenvalue weighted by Crippen LogP contribution is -2.24. The molecule has 0 spiro atoms. The van der Waals surface area contributed by atoms with E-state index in [0.29, 0.717) is 17.8 Å². The first kappa shape index (κ1) is 18.3. The van der Waals surface area contributed by atoms with Gasteiger partial charge < -0.3 is 4.74 Å². The van der Waals surface area contributed by atoms with E-state index in [4.69, 9.17) is 39.5 Å². The van der Waals surface area contributed by atoms with Crippen LogP contribution in [0, 0.1) is 0 Å². The highest BCUT2D eigenvalue weighted by molar-refractivity contribution is 14.3. The molecular weight excluding hydrogens is 615 g/mol. The van der Waals surface area contributed by atoms with Crippen molar-refractivity contribution in [2.75, 3.05) is 6.61 Å². The average molecular weight is 623 g/mol. The number of alkyl halides is 6. The van der Waals surface area contributed by atoms with E-state index in [1.54, 1.807) is 13.8 Å². The zero-order chi connectivity index (χ0) is 13.1. The molecular formula is C8H8Cl3I3O2. The summed E-state index contributed by atoms with van der Waals surface area (Å²) >= 11 is 23.9. The Hall–Kier alpha value is 2.27. The highest BCUT2D eigenvalue weighted by atomic mass is 127. The van der Waals surface area contributed by atoms with E-state index < -0.39 is 9.20 Å². The second-order valence-corrected chi connectivity index (χ2v) is 16.0. The van der Waals surface area contributed by atoms with Gasteiger partial charge in [0.05, 0.1) is 6.61 Å². The van der Waals surface area contributed by atoms with Crippen LogP contribution in [0.2, 0.25) is 0 Å². The van der Waals surface area contributed by atoms with Crippen LogP contribution < -0.4 is 0 Å². The Morgan fingerprint density at radius 2 is 1.69 bits per heavy atom. The molecule has 0 saturated carbocycles. The van der Waals surface area contributed by atoms with Gasteiger partial charge >= 0.3 is 5.97 Å². The van der Waals surface area contributed by atoms with Gasteiger partial charge in [-0.15, -0.1) is 0 Å². The van der Waals surface area contributed by atoms with Gasteiger partial charge in [-0.1, -0.05) is 103 Å². The number of rotatable bonds is 3. The number of esters is 1. The quantitative estimate of drug-likeness (QED) is 0.187. The second kappa shape index (κ2) is 7.16. The molecule has 0 aromatic carbocycles. The summed E-state index contributed by atoms with van der Waals surface area (Å²) in [4.78, 5) is 11.6. The minimum Gasteiger partial charge on any atom is -0.463 e. The zero-order valence-corrected chi connectivity index (χ0v) is 17.0. The van der Waals surface area contributed by atoms with Crippen LogP contribution in [0.5, 0.6) is 0 Å². The average Bonchev–Trinajstić information content (AvgIpc) is 1.98. The van der Waals surface area contributed by atoms with Crippen molar-refractivity contribution in [2.24, 2.45) is 0 Å². The van der Waals surface area contributed by atoms with E-state index in [-0.39, 0.29) is 0 Å². The van der Waals surface area contributed by atoms with Crippen LogP contribution >= 0.6 is 103 Å². The number of allylic oxidation sites excluding steroid dienone is 1. The highest BCUT2D eigenvalue weighted by Gasteiger charge is 2.41. The highest BCUT2D eigenvalue weighted by Crippen LogP contribution is 2.53. The van der Waals surface area contributed by atoms with Gasteiger partial charge in [0, 0.05) is 11.1 Å². The number of carbonyl (C=O) groups excluding carboxylic acids is 1. The van der Waals surface area contributed by atoms with Crippen LogP contribution in [-0.2, 0) is 9.53 Å². The molecule has 0 aliphatic heterocycles. The Morgan fingerprint density at radius 1 is 1.25 bits per heavy atom. The summed E-state index contributed by atoms with van der Waals surface area (Å²) in [5, 5.41) is 0. The number of hydrogen-bond acceptors (Lipinski definition) is 2. The minimum absolute atomic E-state index is 0.292. The van der Waals surface area contributed by atoms with Crippen molar-refractivity contribution in [1.29, 1.82) is 0 Å². The summed E-state index contributed by atoms with van der Waals surface area (Å²) in [6.07, 6.45) is 0. The molecule has 8 heteroatoms. The molecule has 0 fully saturated rings. The second-order valence-electron chi connectivity index (χ2n) is 2.72. The molecule has 0 aliphatic rings. The maximum atomic E-state index is 11.6. The van der Waals surface area contributed by atoms with Crippen molar-refractivity contribution in [3.63, 3.8) is 0 Å². The zero-order valence-electron chi connectivity index (χ0n) is 8.29. The fraction of sp³-hybridized carbons (Fsp3) is 0.625. The van der Waals surface area contributed by atoms with Crippen molar-refractivity contribution >= 4 is 109 Å². The fourth-order valence-electron chi connectivity index (χ4n) is 0.927. The summed E-state index contributed by atoms with van der Waals surface area (Å²) in [6.45, 7) is 3.62. The van der Waals surface area contributed by atoms with E-state index in [1.807, 2.05) is 0 Å². The molecule has 0 aromatic rings. The van der Waals surface area contributed by atoms with E-state index in [2.05, 4.69) is 67.8 Å². The summed E-state index contributed by atoms with van der Waals surface area (Å²) in [5.41, 5.74) is 0.755. The molecule has 0 aromatic heterocycles.